The number of anilines is 1. The molecule has 2 nitrogen and oxygen atoms in total. The zero-order chi connectivity index (χ0) is 7.84. The van der Waals surface area contributed by atoms with Gasteiger partial charge in [0.15, 0.2) is 0 Å². The van der Waals surface area contributed by atoms with E-state index < -0.39 is 0 Å². The number of hydrogen-bond donors (Lipinski definition) is 1. The molecule has 1 aromatic rings. The van der Waals surface area contributed by atoms with Crippen molar-refractivity contribution in [2.75, 3.05) is 12.8 Å². The Morgan fingerprint density at radius 3 is 2.54 bits per heavy atom. The lowest BCUT2D eigenvalue weighted by Gasteiger charge is -2.03. The van der Waals surface area contributed by atoms with Gasteiger partial charge in [-0.05, 0) is 24.2 Å². The maximum Gasteiger partial charge on any atom is 0.0363 e. The molecule has 74 valence electrons. The van der Waals surface area contributed by atoms with Crippen LogP contribution in [0.1, 0.15) is 11.1 Å². The van der Waals surface area contributed by atoms with Crippen LogP contribution in [0.15, 0.2) is 18.2 Å². The standard InChI is InChI=1S/C9H12N2.2ClH/c1-11-5-7-3-2-4-9(10)8(7)6-11;;/h2-4H,5-6,10H2,1H3;2*1H. The Morgan fingerprint density at radius 2 is 1.92 bits per heavy atom. The van der Waals surface area contributed by atoms with Gasteiger partial charge in [0.2, 0.25) is 0 Å². The molecule has 1 heterocycles. The van der Waals surface area contributed by atoms with E-state index in [0.29, 0.717) is 0 Å². The first-order chi connectivity index (χ1) is 5.27. The summed E-state index contributed by atoms with van der Waals surface area (Å²) < 4.78 is 0. The maximum atomic E-state index is 5.81. The minimum Gasteiger partial charge on any atom is -0.398 e. The van der Waals surface area contributed by atoms with Gasteiger partial charge in [-0.1, -0.05) is 12.1 Å². The van der Waals surface area contributed by atoms with E-state index in [1.165, 1.54) is 11.1 Å². The van der Waals surface area contributed by atoms with Crippen molar-refractivity contribution < 1.29 is 0 Å². The van der Waals surface area contributed by atoms with Gasteiger partial charge in [0, 0.05) is 18.8 Å². The third kappa shape index (κ3) is 2.27. The second-order valence-electron chi connectivity index (χ2n) is 3.16. The monoisotopic (exact) mass is 220 g/mol. The maximum absolute atomic E-state index is 5.81. The van der Waals surface area contributed by atoms with Gasteiger partial charge in [-0.15, -0.1) is 24.8 Å². The summed E-state index contributed by atoms with van der Waals surface area (Å²) in [5.41, 5.74) is 9.44. The molecule has 13 heavy (non-hydrogen) atoms. The van der Waals surface area contributed by atoms with Crippen LogP contribution in [0.5, 0.6) is 0 Å². The third-order valence-electron chi connectivity index (χ3n) is 2.18. The smallest absolute Gasteiger partial charge is 0.0363 e. The second-order valence-corrected chi connectivity index (χ2v) is 3.16. The Morgan fingerprint density at radius 1 is 1.23 bits per heavy atom. The van der Waals surface area contributed by atoms with E-state index in [2.05, 4.69) is 18.0 Å². The summed E-state index contributed by atoms with van der Waals surface area (Å²) in [6, 6.07) is 6.14. The first kappa shape index (κ1) is 12.6. The van der Waals surface area contributed by atoms with E-state index >= 15 is 0 Å². The fraction of sp³-hybridized carbons (Fsp3) is 0.333. The molecule has 0 aliphatic carbocycles. The first-order valence-corrected chi connectivity index (χ1v) is 3.82. The predicted octanol–water partition coefficient (Wildman–Crippen LogP) is 2.06. The molecule has 2 rings (SSSR count). The molecule has 0 saturated carbocycles. The Kier molecular flexibility index (Phi) is 4.54. The van der Waals surface area contributed by atoms with Crippen LogP contribution < -0.4 is 5.73 Å². The van der Waals surface area contributed by atoms with Gasteiger partial charge in [-0.2, -0.15) is 0 Å². The molecule has 1 aromatic carbocycles. The van der Waals surface area contributed by atoms with E-state index in [-0.39, 0.29) is 24.8 Å². The van der Waals surface area contributed by atoms with E-state index in [0.717, 1.165) is 18.8 Å². The summed E-state index contributed by atoms with van der Waals surface area (Å²) in [4.78, 5) is 2.26. The van der Waals surface area contributed by atoms with Crippen LogP contribution in [0.4, 0.5) is 5.69 Å². The predicted molar refractivity (Wildman–Crippen MR) is 60.5 cm³/mol. The molecule has 2 N–H and O–H groups in total. The molecule has 0 aromatic heterocycles. The highest BCUT2D eigenvalue weighted by molar-refractivity contribution is 5.85. The highest BCUT2D eigenvalue weighted by Crippen LogP contribution is 2.25. The number of halogens is 2. The van der Waals surface area contributed by atoms with Gasteiger partial charge in [-0.3, -0.25) is 4.90 Å². The van der Waals surface area contributed by atoms with Gasteiger partial charge in [0.05, 0.1) is 0 Å². The van der Waals surface area contributed by atoms with E-state index in [1.54, 1.807) is 0 Å². The fourth-order valence-electron chi connectivity index (χ4n) is 1.61. The Hall–Kier alpha value is -0.440. The molecule has 4 heteroatoms. The third-order valence-corrected chi connectivity index (χ3v) is 2.18. The van der Waals surface area contributed by atoms with E-state index in [9.17, 15) is 0 Å². The molecule has 0 amide bonds. The molecule has 0 unspecified atom stereocenters. The lowest BCUT2D eigenvalue weighted by Crippen LogP contribution is -2.07. The summed E-state index contributed by atoms with van der Waals surface area (Å²) in [5.74, 6) is 0. The van der Waals surface area contributed by atoms with Crippen molar-refractivity contribution in [3.8, 4) is 0 Å². The molecule has 0 atom stereocenters. The number of rotatable bonds is 0. The molecule has 0 fully saturated rings. The van der Waals surface area contributed by atoms with Crippen LogP contribution in [0.25, 0.3) is 0 Å². The van der Waals surface area contributed by atoms with Crippen molar-refractivity contribution in [3.05, 3.63) is 29.3 Å². The lowest BCUT2D eigenvalue weighted by molar-refractivity contribution is 0.353. The number of hydrogen-bond acceptors (Lipinski definition) is 2. The molecule has 0 bridgehead atoms. The van der Waals surface area contributed by atoms with Gasteiger partial charge in [0.25, 0.3) is 0 Å². The van der Waals surface area contributed by atoms with Gasteiger partial charge in [0.1, 0.15) is 0 Å². The largest absolute Gasteiger partial charge is 0.398 e. The van der Waals surface area contributed by atoms with Crippen molar-refractivity contribution >= 4 is 30.5 Å². The topological polar surface area (TPSA) is 29.3 Å². The average molecular weight is 221 g/mol. The number of nitrogen functional groups attached to an aromatic ring is 1. The molecule has 0 saturated heterocycles. The van der Waals surface area contributed by atoms with Crippen molar-refractivity contribution in [2.45, 2.75) is 13.1 Å². The SMILES string of the molecule is CN1Cc2cccc(N)c2C1.Cl.Cl. The van der Waals surface area contributed by atoms with Crippen molar-refractivity contribution in [2.24, 2.45) is 0 Å². The van der Waals surface area contributed by atoms with E-state index in [1.807, 2.05) is 12.1 Å². The first-order valence-electron chi connectivity index (χ1n) is 3.82. The summed E-state index contributed by atoms with van der Waals surface area (Å²) in [6.45, 7) is 2.04. The van der Waals surface area contributed by atoms with Gasteiger partial charge in [-0.25, -0.2) is 0 Å². The Bertz CT molecular complexity index is 289. The van der Waals surface area contributed by atoms with Gasteiger partial charge >= 0.3 is 0 Å². The molecule has 0 spiro atoms. The molecule has 1 aliphatic rings. The second kappa shape index (κ2) is 4.70. The number of nitrogens with zero attached hydrogens (tertiary/aromatic N) is 1. The van der Waals surface area contributed by atoms with Crippen LogP contribution in [0.2, 0.25) is 0 Å². The van der Waals surface area contributed by atoms with Crippen LogP contribution in [0, 0.1) is 0 Å². The van der Waals surface area contributed by atoms with E-state index in [4.69, 9.17) is 5.73 Å². The minimum atomic E-state index is 0. The molecule has 0 radical (unpaired) electrons. The van der Waals surface area contributed by atoms with Crippen LogP contribution in [-0.4, -0.2) is 11.9 Å². The summed E-state index contributed by atoms with van der Waals surface area (Å²) in [7, 11) is 2.11. The normalized spacial score (nSPS) is 14.2. The van der Waals surface area contributed by atoms with Gasteiger partial charge < -0.3 is 5.73 Å². The summed E-state index contributed by atoms with van der Waals surface area (Å²) in [5, 5.41) is 0. The van der Waals surface area contributed by atoms with Crippen LogP contribution in [0.3, 0.4) is 0 Å². The number of fused-ring (bicyclic) bond motifs is 1. The Balaban J connectivity index is 0.000000720. The van der Waals surface area contributed by atoms with Crippen molar-refractivity contribution in [3.63, 3.8) is 0 Å². The van der Waals surface area contributed by atoms with Crippen molar-refractivity contribution in [1.82, 2.24) is 4.90 Å². The molecular weight excluding hydrogens is 207 g/mol. The molecule has 1 aliphatic heterocycles. The fourth-order valence-corrected chi connectivity index (χ4v) is 1.61. The van der Waals surface area contributed by atoms with Crippen LogP contribution >= 0.6 is 24.8 Å². The number of benzene rings is 1. The number of nitrogens with two attached hydrogens (primary N) is 1. The molecular formula is C9H14Cl2N2. The minimum absolute atomic E-state index is 0. The van der Waals surface area contributed by atoms with Crippen LogP contribution in [-0.2, 0) is 13.1 Å². The average Bonchev–Trinajstić information content (AvgIpc) is 2.31. The lowest BCUT2D eigenvalue weighted by atomic mass is 10.1. The summed E-state index contributed by atoms with van der Waals surface area (Å²) in [6.07, 6.45) is 0. The Labute approximate surface area is 90.9 Å². The highest BCUT2D eigenvalue weighted by Gasteiger charge is 2.16. The quantitative estimate of drug-likeness (QED) is 0.679. The van der Waals surface area contributed by atoms with Crippen molar-refractivity contribution in [1.29, 1.82) is 0 Å². The zero-order valence-electron chi connectivity index (χ0n) is 7.49. The zero-order valence-corrected chi connectivity index (χ0v) is 9.12. The summed E-state index contributed by atoms with van der Waals surface area (Å²) >= 11 is 0. The highest BCUT2D eigenvalue weighted by atomic mass is 35.5.